The third-order valence-electron chi connectivity index (χ3n) is 5.83. The number of ether oxygens (including phenoxy) is 2. The first kappa shape index (κ1) is 18.6. The number of anilines is 1. The fourth-order valence-corrected chi connectivity index (χ4v) is 4.16. The van der Waals surface area contributed by atoms with Crippen LogP contribution in [0.1, 0.15) is 24.8 Å². The van der Waals surface area contributed by atoms with Crippen LogP contribution < -0.4 is 10.1 Å². The molecule has 2 atom stereocenters. The van der Waals surface area contributed by atoms with E-state index in [4.69, 9.17) is 9.47 Å². The third kappa shape index (κ3) is 4.06. The molecule has 27 heavy (non-hydrogen) atoms. The van der Waals surface area contributed by atoms with Crippen molar-refractivity contribution in [3.63, 3.8) is 0 Å². The number of hydrogen-bond donors (Lipinski definition) is 1. The Morgan fingerprint density at radius 2 is 1.96 bits per heavy atom. The van der Waals surface area contributed by atoms with Gasteiger partial charge in [0.1, 0.15) is 5.75 Å². The monoisotopic (exact) mass is 384 g/mol. The summed E-state index contributed by atoms with van der Waals surface area (Å²) < 4.78 is 49.9. The smallest absolute Gasteiger partial charge is 0.416 e. The molecule has 2 fully saturated rings. The van der Waals surface area contributed by atoms with E-state index in [2.05, 4.69) is 10.2 Å². The molecule has 5 nitrogen and oxygen atoms in total. The van der Waals surface area contributed by atoms with Gasteiger partial charge in [0.05, 0.1) is 37.1 Å². The Kier molecular flexibility index (Phi) is 5.03. The van der Waals surface area contributed by atoms with Gasteiger partial charge in [-0.05, 0) is 49.4 Å². The molecule has 0 unspecified atom stereocenters. The first-order valence-electron chi connectivity index (χ1n) is 9.36. The number of carbonyl (C=O) groups excluding carboxylic acids is 1. The predicted octanol–water partition coefficient (Wildman–Crippen LogP) is 3.15. The van der Waals surface area contributed by atoms with Crippen molar-refractivity contribution in [1.82, 2.24) is 4.90 Å². The summed E-state index contributed by atoms with van der Waals surface area (Å²) in [4.78, 5) is 14.9. The number of fused-ring (bicyclic) bond motifs is 2. The molecule has 3 heterocycles. The maximum Gasteiger partial charge on any atom is 0.416 e. The number of rotatable bonds is 1. The molecule has 3 aliphatic heterocycles. The number of likely N-dealkylation sites (tertiary alicyclic amines) is 1. The molecular formula is C19H23F3N2O3. The van der Waals surface area contributed by atoms with E-state index >= 15 is 0 Å². The first-order valence-corrected chi connectivity index (χ1v) is 9.36. The summed E-state index contributed by atoms with van der Waals surface area (Å²) >= 11 is 0. The number of hydrogen-bond acceptors (Lipinski definition) is 4. The van der Waals surface area contributed by atoms with Gasteiger partial charge in [0.2, 0.25) is 5.91 Å². The Bertz CT molecular complexity index is 706. The Morgan fingerprint density at radius 1 is 1.15 bits per heavy atom. The summed E-state index contributed by atoms with van der Waals surface area (Å²) in [5.41, 5.74) is -0.701. The van der Waals surface area contributed by atoms with Gasteiger partial charge >= 0.3 is 6.18 Å². The fraction of sp³-hybridized carbons (Fsp3) is 0.632. The highest BCUT2D eigenvalue weighted by molar-refractivity contribution is 5.92. The fourth-order valence-electron chi connectivity index (χ4n) is 4.16. The molecule has 1 aromatic carbocycles. The van der Waals surface area contributed by atoms with Crippen molar-refractivity contribution in [1.29, 1.82) is 0 Å². The lowest BCUT2D eigenvalue weighted by Gasteiger charge is -2.45. The van der Waals surface area contributed by atoms with E-state index < -0.39 is 11.7 Å². The van der Waals surface area contributed by atoms with Gasteiger partial charge in [-0.1, -0.05) is 0 Å². The number of alkyl halides is 3. The standard InChI is InChI=1S/C19H23F3N2O3/c20-19(21,22)14-1-2-17-16(8-14)23-18(25)7-12-3-5-24(15-10-26-11-15)9-13(12)4-6-27-17/h1-2,8,12-13,15H,3-7,9-11H2,(H,23,25)/t12-,13-/m0/s1. The Balaban J connectivity index is 1.50. The van der Waals surface area contributed by atoms with E-state index in [0.29, 0.717) is 25.0 Å². The molecule has 8 heteroatoms. The number of nitrogens with one attached hydrogen (secondary N) is 1. The van der Waals surface area contributed by atoms with E-state index in [1.165, 1.54) is 6.07 Å². The lowest BCUT2D eigenvalue weighted by Crippen LogP contribution is -2.54. The highest BCUT2D eigenvalue weighted by Crippen LogP contribution is 2.37. The van der Waals surface area contributed by atoms with Crippen LogP contribution in [0.5, 0.6) is 5.75 Å². The average Bonchev–Trinajstić information content (AvgIpc) is 2.55. The van der Waals surface area contributed by atoms with E-state index in [0.717, 1.165) is 51.3 Å². The molecule has 2 saturated heterocycles. The van der Waals surface area contributed by atoms with E-state index in [1.807, 2.05) is 0 Å². The van der Waals surface area contributed by atoms with Crippen molar-refractivity contribution < 1.29 is 27.4 Å². The van der Waals surface area contributed by atoms with Gasteiger partial charge < -0.3 is 14.8 Å². The molecule has 3 aliphatic rings. The van der Waals surface area contributed by atoms with Gasteiger partial charge in [-0.2, -0.15) is 13.2 Å². The Morgan fingerprint density at radius 3 is 2.67 bits per heavy atom. The second-order valence-electron chi connectivity index (χ2n) is 7.59. The van der Waals surface area contributed by atoms with Crippen LogP contribution in [-0.2, 0) is 15.7 Å². The SMILES string of the molecule is O=C1C[C@@H]2CCN(C3COC3)C[C@@H]2CCOc2ccc(C(F)(F)F)cc2N1. The Labute approximate surface area is 155 Å². The normalized spacial score (nSPS) is 27.6. The molecule has 0 spiro atoms. The lowest BCUT2D eigenvalue weighted by atomic mass is 9.80. The molecule has 0 aromatic heterocycles. The molecule has 1 amide bonds. The van der Waals surface area contributed by atoms with Crippen molar-refractivity contribution in [2.75, 3.05) is 38.2 Å². The van der Waals surface area contributed by atoms with Crippen LogP contribution in [-0.4, -0.2) is 49.8 Å². The second-order valence-corrected chi connectivity index (χ2v) is 7.59. The zero-order valence-electron chi connectivity index (χ0n) is 14.9. The third-order valence-corrected chi connectivity index (χ3v) is 5.83. The topological polar surface area (TPSA) is 50.8 Å². The van der Waals surface area contributed by atoms with Gasteiger partial charge in [0.25, 0.3) is 0 Å². The van der Waals surface area contributed by atoms with Crippen molar-refractivity contribution in [3.8, 4) is 5.75 Å². The largest absolute Gasteiger partial charge is 0.491 e. The van der Waals surface area contributed by atoms with Crippen molar-refractivity contribution in [2.24, 2.45) is 11.8 Å². The first-order chi connectivity index (χ1) is 12.9. The summed E-state index contributed by atoms with van der Waals surface area (Å²) in [6.07, 6.45) is -2.44. The molecule has 0 saturated carbocycles. The summed E-state index contributed by atoms with van der Waals surface area (Å²) in [6, 6.07) is 3.69. The van der Waals surface area contributed by atoms with E-state index in [1.54, 1.807) is 0 Å². The number of nitrogens with zero attached hydrogens (tertiary/aromatic N) is 1. The summed E-state index contributed by atoms with van der Waals surface area (Å²) in [6.45, 7) is 3.80. The van der Waals surface area contributed by atoms with Crippen molar-refractivity contribution >= 4 is 11.6 Å². The predicted molar refractivity (Wildman–Crippen MR) is 92.6 cm³/mol. The van der Waals surface area contributed by atoms with Crippen LogP contribution in [0, 0.1) is 11.8 Å². The molecule has 1 aromatic rings. The van der Waals surface area contributed by atoms with Crippen LogP contribution in [0.15, 0.2) is 18.2 Å². The average molecular weight is 384 g/mol. The summed E-state index contributed by atoms with van der Waals surface area (Å²) in [7, 11) is 0. The second kappa shape index (κ2) is 7.31. The maximum absolute atomic E-state index is 13.0. The van der Waals surface area contributed by atoms with Gasteiger partial charge in [-0.25, -0.2) is 0 Å². The molecule has 148 valence electrons. The van der Waals surface area contributed by atoms with E-state index in [9.17, 15) is 18.0 Å². The molecule has 0 bridgehead atoms. The minimum atomic E-state index is -4.46. The maximum atomic E-state index is 13.0. The van der Waals surface area contributed by atoms with Crippen LogP contribution in [0.3, 0.4) is 0 Å². The molecular weight excluding hydrogens is 361 g/mol. The zero-order valence-corrected chi connectivity index (χ0v) is 14.9. The van der Waals surface area contributed by atoms with Crippen LogP contribution in [0.2, 0.25) is 0 Å². The van der Waals surface area contributed by atoms with Gasteiger partial charge in [0.15, 0.2) is 0 Å². The number of halogens is 3. The molecule has 4 rings (SSSR count). The van der Waals surface area contributed by atoms with Crippen LogP contribution >= 0.6 is 0 Å². The van der Waals surface area contributed by atoms with Crippen molar-refractivity contribution in [2.45, 2.75) is 31.5 Å². The van der Waals surface area contributed by atoms with Crippen molar-refractivity contribution in [3.05, 3.63) is 23.8 Å². The van der Waals surface area contributed by atoms with E-state index in [-0.39, 0.29) is 23.3 Å². The number of benzene rings is 1. The lowest BCUT2D eigenvalue weighted by molar-refractivity contribution is -0.137. The Hall–Kier alpha value is -1.80. The molecule has 1 N–H and O–H groups in total. The minimum Gasteiger partial charge on any atom is -0.491 e. The highest BCUT2D eigenvalue weighted by atomic mass is 19.4. The summed E-state index contributed by atoms with van der Waals surface area (Å²) in [5.74, 6) is 0.589. The van der Waals surface area contributed by atoms with Crippen LogP contribution in [0.4, 0.5) is 18.9 Å². The summed E-state index contributed by atoms with van der Waals surface area (Å²) in [5, 5.41) is 2.63. The van der Waals surface area contributed by atoms with Gasteiger partial charge in [-0.3, -0.25) is 9.69 Å². The minimum absolute atomic E-state index is 0.0947. The quantitative estimate of drug-likeness (QED) is 0.808. The number of piperidine rings is 1. The molecule has 0 radical (unpaired) electrons. The zero-order chi connectivity index (χ0) is 19.0. The molecule has 0 aliphatic carbocycles. The highest BCUT2D eigenvalue weighted by Gasteiger charge is 2.37. The van der Waals surface area contributed by atoms with Gasteiger partial charge in [0, 0.05) is 13.0 Å². The number of amides is 1. The van der Waals surface area contributed by atoms with Crippen LogP contribution in [0.25, 0.3) is 0 Å². The van der Waals surface area contributed by atoms with Gasteiger partial charge in [-0.15, -0.1) is 0 Å². The number of carbonyl (C=O) groups is 1.